The van der Waals surface area contributed by atoms with Crippen LogP contribution in [0.25, 0.3) is 0 Å². The van der Waals surface area contributed by atoms with Gasteiger partial charge in [0.15, 0.2) is 0 Å². The Hall–Kier alpha value is -0.380. The highest BCUT2D eigenvalue weighted by Gasteiger charge is 2.04. The summed E-state index contributed by atoms with van der Waals surface area (Å²) in [7, 11) is 2.21. The molecule has 0 atom stereocenters. The van der Waals surface area contributed by atoms with Gasteiger partial charge in [-0.1, -0.05) is 27.2 Å². The monoisotopic (exact) mass is 254 g/mol. The second-order valence-electron chi connectivity index (χ2n) is 4.99. The van der Waals surface area contributed by atoms with E-state index < -0.39 is 0 Å². The third-order valence-electron chi connectivity index (χ3n) is 2.72. The number of hydrogen-bond donors (Lipinski definition) is 1. The fourth-order valence-electron chi connectivity index (χ4n) is 1.68. The van der Waals surface area contributed by atoms with Crippen LogP contribution in [0.5, 0.6) is 0 Å². The number of nitrogens with one attached hydrogen (secondary N) is 1. The predicted molar refractivity (Wildman–Crippen MR) is 77.5 cm³/mol. The molecule has 0 unspecified atom stereocenters. The molecule has 0 fully saturated rings. The minimum atomic E-state index is 0.563. The topological polar surface area (TPSA) is 15.3 Å². The Balaban J connectivity index is 2.34. The lowest BCUT2D eigenvalue weighted by Crippen LogP contribution is -2.21. The van der Waals surface area contributed by atoms with E-state index in [0.29, 0.717) is 6.04 Å². The molecule has 0 radical (unpaired) electrons. The van der Waals surface area contributed by atoms with Crippen molar-refractivity contribution in [1.29, 1.82) is 0 Å². The van der Waals surface area contributed by atoms with E-state index in [1.165, 1.54) is 29.1 Å². The molecule has 3 heteroatoms. The van der Waals surface area contributed by atoms with Gasteiger partial charge in [-0.05, 0) is 32.1 Å². The zero-order valence-corrected chi connectivity index (χ0v) is 12.4. The maximum atomic E-state index is 3.46. The van der Waals surface area contributed by atoms with Crippen LogP contribution >= 0.6 is 11.3 Å². The summed E-state index contributed by atoms with van der Waals surface area (Å²) in [6.07, 6.45) is 2.57. The van der Waals surface area contributed by atoms with Gasteiger partial charge in [0.1, 0.15) is 0 Å². The van der Waals surface area contributed by atoms with Crippen molar-refractivity contribution in [3.8, 4) is 0 Å². The van der Waals surface area contributed by atoms with Crippen molar-refractivity contribution in [2.24, 2.45) is 0 Å². The van der Waals surface area contributed by atoms with Gasteiger partial charge in [-0.15, -0.1) is 11.3 Å². The van der Waals surface area contributed by atoms with Gasteiger partial charge in [0.05, 0.1) is 0 Å². The molecule has 1 aromatic rings. The number of unbranched alkanes of at least 4 members (excludes halogenated alkanes) is 1. The van der Waals surface area contributed by atoms with Crippen LogP contribution in [0, 0.1) is 0 Å². The van der Waals surface area contributed by atoms with Crippen molar-refractivity contribution in [3.05, 3.63) is 21.9 Å². The molecule has 0 saturated carbocycles. The summed E-state index contributed by atoms with van der Waals surface area (Å²) in [6.45, 7) is 9.91. The fourth-order valence-corrected chi connectivity index (χ4v) is 2.73. The zero-order chi connectivity index (χ0) is 12.7. The van der Waals surface area contributed by atoms with Crippen LogP contribution in [0.4, 0.5) is 0 Å². The van der Waals surface area contributed by atoms with Crippen LogP contribution in [-0.2, 0) is 13.1 Å². The molecule has 0 spiro atoms. The number of nitrogens with zero attached hydrogens (tertiary/aromatic N) is 1. The Morgan fingerprint density at radius 3 is 2.65 bits per heavy atom. The van der Waals surface area contributed by atoms with Crippen molar-refractivity contribution >= 4 is 11.3 Å². The van der Waals surface area contributed by atoms with E-state index in [0.717, 1.165) is 13.1 Å². The SMILES string of the molecule is CCCCN(C)Cc1ccc(CNC(C)C)s1. The summed E-state index contributed by atoms with van der Waals surface area (Å²) in [6, 6.07) is 5.08. The quantitative estimate of drug-likeness (QED) is 0.764. The minimum absolute atomic E-state index is 0.563. The first-order chi connectivity index (χ1) is 8.11. The Labute approximate surface area is 110 Å². The number of rotatable bonds is 8. The van der Waals surface area contributed by atoms with Gasteiger partial charge in [0.2, 0.25) is 0 Å². The molecule has 0 aliphatic rings. The standard InChI is InChI=1S/C14H26N2S/c1-5-6-9-16(4)11-14-8-7-13(17-14)10-15-12(2)3/h7-8,12,15H,5-6,9-11H2,1-4H3. The van der Waals surface area contributed by atoms with Gasteiger partial charge in [-0.2, -0.15) is 0 Å². The van der Waals surface area contributed by atoms with E-state index in [1.807, 2.05) is 11.3 Å². The molecule has 17 heavy (non-hydrogen) atoms. The van der Waals surface area contributed by atoms with Gasteiger partial charge < -0.3 is 10.2 Å². The Kier molecular flexibility index (Phi) is 6.78. The molecule has 1 aromatic heterocycles. The summed E-state index contributed by atoms with van der Waals surface area (Å²) in [5.74, 6) is 0. The lowest BCUT2D eigenvalue weighted by molar-refractivity contribution is 0.323. The first-order valence-corrected chi connectivity index (χ1v) is 7.43. The van der Waals surface area contributed by atoms with Crippen molar-refractivity contribution in [2.45, 2.75) is 52.7 Å². The molecule has 2 nitrogen and oxygen atoms in total. The summed E-state index contributed by atoms with van der Waals surface area (Å²) in [5, 5.41) is 3.46. The predicted octanol–water partition coefficient (Wildman–Crippen LogP) is 3.48. The third-order valence-corrected chi connectivity index (χ3v) is 3.79. The molecule has 1 rings (SSSR count). The summed E-state index contributed by atoms with van der Waals surface area (Å²) >= 11 is 1.93. The van der Waals surface area contributed by atoms with Crippen molar-refractivity contribution in [1.82, 2.24) is 10.2 Å². The normalized spacial score (nSPS) is 11.6. The smallest absolute Gasteiger partial charge is 0.0324 e. The molecule has 1 heterocycles. The van der Waals surface area contributed by atoms with Crippen LogP contribution in [0.2, 0.25) is 0 Å². The average Bonchev–Trinajstić information content (AvgIpc) is 2.71. The Morgan fingerprint density at radius 2 is 2.00 bits per heavy atom. The summed E-state index contributed by atoms with van der Waals surface area (Å²) < 4.78 is 0. The van der Waals surface area contributed by atoms with Gasteiger partial charge in [0, 0.05) is 28.9 Å². The van der Waals surface area contributed by atoms with E-state index in [-0.39, 0.29) is 0 Å². The summed E-state index contributed by atoms with van der Waals surface area (Å²) in [5.41, 5.74) is 0. The maximum absolute atomic E-state index is 3.46. The highest BCUT2D eigenvalue weighted by Crippen LogP contribution is 2.18. The second kappa shape index (κ2) is 7.85. The van der Waals surface area contributed by atoms with Crippen LogP contribution in [0.1, 0.15) is 43.4 Å². The number of thiophene rings is 1. The van der Waals surface area contributed by atoms with Gasteiger partial charge in [0.25, 0.3) is 0 Å². The lowest BCUT2D eigenvalue weighted by atomic mass is 10.3. The largest absolute Gasteiger partial charge is 0.310 e. The molecule has 0 aliphatic carbocycles. The molecule has 0 aliphatic heterocycles. The molecule has 0 bridgehead atoms. The van der Waals surface area contributed by atoms with E-state index >= 15 is 0 Å². The number of hydrogen-bond acceptors (Lipinski definition) is 3. The van der Waals surface area contributed by atoms with Crippen molar-refractivity contribution in [3.63, 3.8) is 0 Å². The van der Waals surface area contributed by atoms with Crippen molar-refractivity contribution < 1.29 is 0 Å². The maximum Gasteiger partial charge on any atom is 0.0324 e. The average molecular weight is 254 g/mol. The van der Waals surface area contributed by atoms with Crippen LogP contribution in [0.3, 0.4) is 0 Å². The Morgan fingerprint density at radius 1 is 1.29 bits per heavy atom. The van der Waals surface area contributed by atoms with E-state index in [1.54, 1.807) is 0 Å². The molecule has 1 N–H and O–H groups in total. The molecule has 98 valence electrons. The van der Waals surface area contributed by atoms with Crippen LogP contribution in [-0.4, -0.2) is 24.5 Å². The highest BCUT2D eigenvalue weighted by atomic mass is 32.1. The third kappa shape index (κ3) is 6.20. The van der Waals surface area contributed by atoms with E-state index in [4.69, 9.17) is 0 Å². The van der Waals surface area contributed by atoms with E-state index in [2.05, 4.69) is 50.2 Å². The fraction of sp³-hybridized carbons (Fsp3) is 0.714. The van der Waals surface area contributed by atoms with Crippen molar-refractivity contribution in [2.75, 3.05) is 13.6 Å². The second-order valence-corrected chi connectivity index (χ2v) is 6.25. The van der Waals surface area contributed by atoms with E-state index in [9.17, 15) is 0 Å². The first kappa shape index (κ1) is 14.7. The first-order valence-electron chi connectivity index (χ1n) is 6.61. The minimum Gasteiger partial charge on any atom is -0.310 e. The highest BCUT2D eigenvalue weighted by molar-refractivity contribution is 7.11. The van der Waals surface area contributed by atoms with Gasteiger partial charge in [-0.3, -0.25) is 0 Å². The van der Waals surface area contributed by atoms with Gasteiger partial charge >= 0.3 is 0 Å². The molecule has 0 aromatic carbocycles. The zero-order valence-electron chi connectivity index (χ0n) is 11.6. The molecular formula is C14H26N2S. The Bertz CT molecular complexity index is 307. The lowest BCUT2D eigenvalue weighted by Gasteiger charge is -2.14. The molecule has 0 amide bonds. The van der Waals surface area contributed by atoms with Gasteiger partial charge in [-0.25, -0.2) is 0 Å². The van der Waals surface area contributed by atoms with Crippen LogP contribution < -0.4 is 5.32 Å². The molecule has 0 saturated heterocycles. The van der Waals surface area contributed by atoms with Crippen LogP contribution in [0.15, 0.2) is 12.1 Å². The summed E-state index contributed by atoms with van der Waals surface area (Å²) in [4.78, 5) is 5.33. The molecular weight excluding hydrogens is 228 g/mol.